The molecule has 0 heterocycles. The molecular formula is C22H24Si. The summed E-state index contributed by atoms with van der Waals surface area (Å²) in [6.45, 7) is 9.55. The van der Waals surface area contributed by atoms with Gasteiger partial charge in [0.25, 0.3) is 0 Å². The van der Waals surface area contributed by atoms with Crippen LogP contribution in [0.4, 0.5) is 0 Å². The summed E-state index contributed by atoms with van der Waals surface area (Å²) in [5.41, 5.74) is 11.2. The maximum atomic E-state index is 2.47. The maximum absolute atomic E-state index is 2.47. The molecule has 0 N–H and O–H groups in total. The van der Waals surface area contributed by atoms with Crippen LogP contribution >= 0.6 is 0 Å². The monoisotopic (exact) mass is 316 g/mol. The minimum atomic E-state index is -0.738. The lowest BCUT2D eigenvalue weighted by Gasteiger charge is -2.21. The van der Waals surface area contributed by atoms with E-state index < -0.39 is 8.80 Å². The molecule has 0 saturated heterocycles. The first-order chi connectivity index (χ1) is 11.1. The Morgan fingerprint density at radius 2 is 1.43 bits per heavy atom. The lowest BCUT2D eigenvalue weighted by atomic mass is 9.85. The highest BCUT2D eigenvalue weighted by Crippen LogP contribution is 2.46. The molecule has 0 aliphatic heterocycles. The van der Waals surface area contributed by atoms with Crippen molar-refractivity contribution in [3.05, 3.63) is 81.4 Å². The first kappa shape index (κ1) is 14.7. The van der Waals surface area contributed by atoms with E-state index >= 15 is 0 Å². The molecule has 4 rings (SSSR count). The van der Waals surface area contributed by atoms with Gasteiger partial charge in [-0.05, 0) is 47.2 Å². The first-order valence-corrected chi connectivity index (χ1v) is 11.6. The second-order valence-electron chi connectivity index (χ2n) is 7.41. The average molecular weight is 317 g/mol. The molecule has 0 bridgehead atoms. The molecule has 0 amide bonds. The number of benzene rings is 2. The second-order valence-corrected chi connectivity index (χ2v) is 10.6. The van der Waals surface area contributed by atoms with Crippen molar-refractivity contribution < 1.29 is 0 Å². The van der Waals surface area contributed by atoms with Gasteiger partial charge in [-0.3, -0.25) is 0 Å². The van der Waals surface area contributed by atoms with Crippen LogP contribution in [0.25, 0.3) is 12.2 Å². The summed E-state index contributed by atoms with van der Waals surface area (Å²) in [5.74, 6) is 0.428. The minimum Gasteiger partial charge on any atom is -0.0714 e. The van der Waals surface area contributed by atoms with E-state index in [0.29, 0.717) is 11.5 Å². The van der Waals surface area contributed by atoms with Gasteiger partial charge in [-0.25, -0.2) is 0 Å². The van der Waals surface area contributed by atoms with Crippen molar-refractivity contribution >= 4 is 20.9 Å². The fourth-order valence-electron chi connectivity index (χ4n) is 4.63. The van der Waals surface area contributed by atoms with E-state index in [9.17, 15) is 0 Å². The predicted octanol–water partition coefficient (Wildman–Crippen LogP) is 5.76. The molecule has 0 nitrogen and oxygen atoms in total. The van der Waals surface area contributed by atoms with E-state index in [-0.39, 0.29) is 0 Å². The molecule has 1 unspecified atom stereocenters. The molecule has 2 aliphatic rings. The Hall–Kier alpha value is -1.86. The highest BCUT2D eigenvalue weighted by atomic mass is 28.3. The van der Waals surface area contributed by atoms with Crippen LogP contribution in [0.1, 0.15) is 53.1 Å². The average Bonchev–Trinajstić information content (AvgIpc) is 3.02. The Balaban J connectivity index is 1.89. The van der Waals surface area contributed by atoms with Crippen LogP contribution in [0.15, 0.2) is 53.6 Å². The molecule has 23 heavy (non-hydrogen) atoms. The zero-order valence-electron chi connectivity index (χ0n) is 14.4. The molecule has 2 aromatic rings. The highest BCUT2D eigenvalue weighted by molar-refractivity contribution is 6.58. The summed E-state index contributed by atoms with van der Waals surface area (Å²) < 4.78 is 0. The second kappa shape index (κ2) is 5.35. The van der Waals surface area contributed by atoms with Gasteiger partial charge in [0.1, 0.15) is 0 Å². The normalized spacial score (nSPS) is 22.0. The molecule has 0 saturated carbocycles. The SMILES string of the molecule is CC1=Cc2c(cccc2[C@@H]2C(C)=Cc3ccccc32)C1[SiH](C)C. The van der Waals surface area contributed by atoms with Gasteiger partial charge in [0.15, 0.2) is 0 Å². The maximum Gasteiger partial charge on any atom is 0.0439 e. The third-order valence-electron chi connectivity index (χ3n) is 5.49. The van der Waals surface area contributed by atoms with Gasteiger partial charge >= 0.3 is 0 Å². The zero-order valence-corrected chi connectivity index (χ0v) is 15.6. The van der Waals surface area contributed by atoms with Gasteiger partial charge in [-0.1, -0.05) is 78.9 Å². The summed E-state index contributed by atoms with van der Waals surface area (Å²) in [4.78, 5) is 0. The van der Waals surface area contributed by atoms with E-state index in [4.69, 9.17) is 0 Å². The van der Waals surface area contributed by atoms with Gasteiger partial charge in [-0.2, -0.15) is 0 Å². The van der Waals surface area contributed by atoms with Crippen LogP contribution in [-0.2, 0) is 0 Å². The first-order valence-electron chi connectivity index (χ1n) is 8.66. The summed E-state index contributed by atoms with van der Waals surface area (Å²) >= 11 is 0. The van der Waals surface area contributed by atoms with E-state index in [1.807, 2.05) is 0 Å². The summed E-state index contributed by atoms with van der Waals surface area (Å²) in [7, 11) is -0.738. The molecule has 2 aliphatic carbocycles. The van der Waals surface area contributed by atoms with Crippen LogP contribution in [0.5, 0.6) is 0 Å². The molecule has 0 spiro atoms. The van der Waals surface area contributed by atoms with E-state index in [0.717, 1.165) is 0 Å². The minimum absolute atomic E-state index is 0.428. The van der Waals surface area contributed by atoms with Gasteiger partial charge in [0, 0.05) is 14.7 Å². The van der Waals surface area contributed by atoms with Gasteiger partial charge < -0.3 is 0 Å². The van der Waals surface area contributed by atoms with Crippen LogP contribution in [0.2, 0.25) is 13.1 Å². The van der Waals surface area contributed by atoms with Gasteiger partial charge in [0.2, 0.25) is 0 Å². The Labute approximate surface area is 141 Å². The van der Waals surface area contributed by atoms with Crippen molar-refractivity contribution in [3.8, 4) is 0 Å². The van der Waals surface area contributed by atoms with Crippen molar-refractivity contribution in [1.29, 1.82) is 0 Å². The molecule has 0 aromatic heterocycles. The predicted molar refractivity (Wildman–Crippen MR) is 104 cm³/mol. The molecule has 116 valence electrons. The Kier molecular flexibility index (Phi) is 3.42. The Bertz CT molecular complexity index is 839. The smallest absolute Gasteiger partial charge is 0.0439 e. The van der Waals surface area contributed by atoms with Gasteiger partial charge in [0.05, 0.1) is 0 Å². The highest BCUT2D eigenvalue weighted by Gasteiger charge is 2.31. The van der Waals surface area contributed by atoms with Crippen LogP contribution in [0.3, 0.4) is 0 Å². The largest absolute Gasteiger partial charge is 0.0714 e. The molecule has 0 fully saturated rings. The molecule has 0 radical (unpaired) electrons. The fourth-order valence-corrected chi connectivity index (χ4v) is 6.79. The van der Waals surface area contributed by atoms with E-state index in [1.165, 1.54) is 27.8 Å². The van der Waals surface area contributed by atoms with Gasteiger partial charge in [-0.15, -0.1) is 0 Å². The number of rotatable bonds is 2. The Morgan fingerprint density at radius 1 is 0.739 bits per heavy atom. The summed E-state index contributed by atoms with van der Waals surface area (Å²) in [6, 6.07) is 15.8. The van der Waals surface area contributed by atoms with Crippen LogP contribution in [0, 0.1) is 0 Å². The lowest BCUT2D eigenvalue weighted by Crippen LogP contribution is -2.15. The van der Waals surface area contributed by atoms with Crippen molar-refractivity contribution in [1.82, 2.24) is 0 Å². The zero-order chi connectivity index (χ0) is 16.1. The van der Waals surface area contributed by atoms with E-state index in [1.54, 1.807) is 11.1 Å². The number of hydrogen-bond donors (Lipinski definition) is 0. The third kappa shape index (κ3) is 2.18. The quantitative estimate of drug-likeness (QED) is 0.618. The summed E-state index contributed by atoms with van der Waals surface area (Å²) in [6.07, 6.45) is 4.83. The van der Waals surface area contributed by atoms with Crippen molar-refractivity contribution in [2.45, 2.75) is 38.4 Å². The number of allylic oxidation sites excluding steroid dienone is 2. The molecule has 2 atom stereocenters. The van der Waals surface area contributed by atoms with Crippen LogP contribution in [-0.4, -0.2) is 8.80 Å². The van der Waals surface area contributed by atoms with Crippen molar-refractivity contribution in [2.75, 3.05) is 0 Å². The summed E-state index contributed by atoms with van der Waals surface area (Å²) in [5, 5.41) is 0. The number of fused-ring (bicyclic) bond motifs is 2. The Morgan fingerprint density at radius 3 is 2.22 bits per heavy atom. The molecule has 2 aromatic carbocycles. The van der Waals surface area contributed by atoms with Crippen LogP contribution < -0.4 is 0 Å². The fraction of sp³-hybridized carbons (Fsp3) is 0.273. The number of hydrogen-bond acceptors (Lipinski definition) is 0. The topological polar surface area (TPSA) is 0 Å². The van der Waals surface area contributed by atoms with Crippen molar-refractivity contribution in [3.63, 3.8) is 0 Å². The van der Waals surface area contributed by atoms with E-state index in [2.05, 4.69) is 81.6 Å². The molecule has 1 heteroatoms. The van der Waals surface area contributed by atoms with Crippen molar-refractivity contribution in [2.24, 2.45) is 0 Å². The lowest BCUT2D eigenvalue weighted by molar-refractivity contribution is 0.966. The molecular weight excluding hydrogens is 292 g/mol. The standard InChI is InChI=1S/C22H24Si/c1-14-12-16-8-5-6-9-17(16)21(14)18-10-7-11-19-20(18)13-15(2)22(19)23(3)4/h5-13,21-23H,1-4H3/t21-,22?/m1/s1. The third-order valence-corrected chi connectivity index (χ3v) is 7.71.